The van der Waals surface area contributed by atoms with E-state index in [0.717, 1.165) is 17.7 Å². The Morgan fingerprint density at radius 2 is 1.69 bits per heavy atom. The first kappa shape index (κ1) is 16.4. The fourth-order valence-corrected chi connectivity index (χ4v) is 6.37. The highest BCUT2D eigenvalue weighted by atomic mass is 32.2. The van der Waals surface area contributed by atoms with Crippen LogP contribution < -0.4 is 5.32 Å². The number of carbonyl (C=O) groups is 3. The predicted molar refractivity (Wildman–Crippen MR) is 98.4 cm³/mol. The van der Waals surface area contributed by atoms with Gasteiger partial charge in [-0.25, -0.2) is 0 Å². The molecule has 26 heavy (non-hydrogen) atoms. The first-order chi connectivity index (χ1) is 12.5. The molecule has 4 atom stereocenters. The molecular weight excluding hydrogens is 348 g/mol. The van der Waals surface area contributed by atoms with Crippen LogP contribution in [0.3, 0.4) is 0 Å². The molecule has 3 saturated carbocycles. The summed E-state index contributed by atoms with van der Waals surface area (Å²) in [6.07, 6.45) is 6.51. The van der Waals surface area contributed by atoms with E-state index in [4.69, 9.17) is 0 Å². The molecule has 1 heterocycles. The van der Waals surface area contributed by atoms with Crippen LogP contribution in [0.25, 0.3) is 0 Å². The number of fused-ring (bicyclic) bond motifs is 3. The molecule has 1 aromatic carbocycles. The van der Waals surface area contributed by atoms with Gasteiger partial charge in [-0.2, -0.15) is 0 Å². The molecule has 3 amide bonds. The monoisotopic (exact) mass is 370 g/mol. The van der Waals surface area contributed by atoms with E-state index in [1.165, 1.54) is 17.7 Å². The molecule has 6 heteroatoms. The largest absolute Gasteiger partial charge is 0.325 e. The average Bonchev–Trinajstić information content (AvgIpc) is 3.25. The van der Waals surface area contributed by atoms with Gasteiger partial charge in [0, 0.05) is 10.6 Å². The molecule has 1 N–H and O–H groups in total. The molecule has 1 spiro atoms. The summed E-state index contributed by atoms with van der Waals surface area (Å²) >= 11 is 1.63. The maximum absolute atomic E-state index is 12.9. The number of nitrogens with zero attached hydrogens (tertiary/aromatic N) is 1. The van der Waals surface area contributed by atoms with Gasteiger partial charge in [-0.1, -0.05) is 0 Å². The van der Waals surface area contributed by atoms with Crippen LogP contribution in [0.4, 0.5) is 5.69 Å². The van der Waals surface area contributed by atoms with Crippen molar-refractivity contribution >= 4 is 35.2 Å². The summed E-state index contributed by atoms with van der Waals surface area (Å²) in [4.78, 5) is 40.5. The molecule has 1 aromatic rings. The Labute approximate surface area is 156 Å². The lowest BCUT2D eigenvalue weighted by atomic mass is 9.81. The van der Waals surface area contributed by atoms with E-state index in [0.29, 0.717) is 22.9 Å². The van der Waals surface area contributed by atoms with Crippen LogP contribution in [0.15, 0.2) is 29.2 Å². The van der Waals surface area contributed by atoms with E-state index < -0.39 is 0 Å². The van der Waals surface area contributed by atoms with Crippen molar-refractivity contribution in [3.63, 3.8) is 0 Å². The van der Waals surface area contributed by atoms with Crippen LogP contribution in [0.1, 0.15) is 25.7 Å². The van der Waals surface area contributed by atoms with E-state index in [1.54, 1.807) is 11.8 Å². The third-order valence-corrected chi connectivity index (χ3v) is 7.87. The van der Waals surface area contributed by atoms with Gasteiger partial charge >= 0.3 is 0 Å². The van der Waals surface area contributed by atoms with Crippen LogP contribution in [-0.2, 0) is 14.4 Å². The third-order valence-electron chi connectivity index (χ3n) is 7.12. The standard InChI is InChI=1S/C20H22N2O3S/c1-26-12-4-2-11(3-5-12)21-15(23)10-22-18(24)16-13-6-7-14(17(16)19(22)25)20(13)8-9-20/h2-5,13-14,16-17H,6-10H2,1H3,(H,21,23). The van der Waals surface area contributed by atoms with E-state index in [9.17, 15) is 14.4 Å². The van der Waals surface area contributed by atoms with Crippen molar-refractivity contribution in [2.75, 3.05) is 18.1 Å². The van der Waals surface area contributed by atoms with Crippen LogP contribution in [0.5, 0.6) is 0 Å². The molecule has 3 aliphatic carbocycles. The van der Waals surface area contributed by atoms with Crippen molar-refractivity contribution in [3.05, 3.63) is 24.3 Å². The van der Waals surface area contributed by atoms with Gasteiger partial charge in [0.1, 0.15) is 6.54 Å². The van der Waals surface area contributed by atoms with Crippen molar-refractivity contribution in [1.82, 2.24) is 4.90 Å². The molecule has 4 unspecified atom stereocenters. The summed E-state index contributed by atoms with van der Waals surface area (Å²) in [6.45, 7) is -0.165. The molecule has 1 aliphatic heterocycles. The second-order valence-corrected chi connectivity index (χ2v) is 8.99. The number of benzene rings is 1. The van der Waals surface area contributed by atoms with Crippen molar-refractivity contribution in [2.45, 2.75) is 30.6 Å². The fourth-order valence-electron chi connectivity index (χ4n) is 5.96. The maximum atomic E-state index is 12.9. The minimum atomic E-state index is -0.308. The Hall–Kier alpha value is -1.82. The molecule has 0 aromatic heterocycles. The quantitative estimate of drug-likeness (QED) is 0.654. The van der Waals surface area contributed by atoms with Gasteiger partial charge < -0.3 is 5.32 Å². The normalized spacial score (nSPS) is 33.0. The highest BCUT2D eigenvalue weighted by molar-refractivity contribution is 7.98. The van der Waals surface area contributed by atoms with Gasteiger partial charge in [0.15, 0.2) is 0 Å². The summed E-state index contributed by atoms with van der Waals surface area (Å²) in [5.41, 5.74) is 0.984. The lowest BCUT2D eigenvalue weighted by Gasteiger charge is -2.21. The minimum Gasteiger partial charge on any atom is -0.325 e. The first-order valence-corrected chi connectivity index (χ1v) is 10.6. The van der Waals surface area contributed by atoms with Gasteiger partial charge in [-0.15, -0.1) is 11.8 Å². The number of hydrogen-bond donors (Lipinski definition) is 1. The first-order valence-electron chi connectivity index (χ1n) is 9.34. The predicted octanol–water partition coefficient (Wildman–Crippen LogP) is 2.77. The van der Waals surface area contributed by atoms with Gasteiger partial charge in [-0.05, 0) is 73.5 Å². The van der Waals surface area contributed by atoms with Crippen molar-refractivity contribution in [1.29, 1.82) is 0 Å². The van der Waals surface area contributed by atoms with Crippen LogP contribution in [0, 0.1) is 29.1 Å². The van der Waals surface area contributed by atoms with Crippen LogP contribution in [-0.4, -0.2) is 35.4 Å². The number of anilines is 1. The molecule has 4 fully saturated rings. The van der Waals surface area contributed by atoms with Crippen LogP contribution in [0.2, 0.25) is 0 Å². The summed E-state index contributed by atoms with van der Waals surface area (Å²) in [6, 6.07) is 7.54. The van der Waals surface area contributed by atoms with E-state index in [1.807, 2.05) is 30.5 Å². The summed E-state index contributed by atoms with van der Waals surface area (Å²) in [5, 5.41) is 2.80. The average molecular weight is 370 g/mol. The molecule has 5 nitrogen and oxygen atoms in total. The fraction of sp³-hybridized carbons (Fsp3) is 0.550. The molecule has 4 aliphatic rings. The number of carbonyl (C=O) groups excluding carboxylic acids is 3. The second kappa shape index (κ2) is 5.59. The van der Waals surface area contributed by atoms with Gasteiger partial charge in [0.05, 0.1) is 11.8 Å². The Kier molecular flexibility index (Phi) is 3.52. The Bertz CT molecular complexity index is 770. The zero-order chi connectivity index (χ0) is 18.1. The smallest absolute Gasteiger partial charge is 0.244 e. The summed E-state index contributed by atoms with van der Waals surface area (Å²) in [5.74, 6) is -0.0770. The van der Waals surface area contributed by atoms with Crippen molar-refractivity contribution < 1.29 is 14.4 Å². The number of hydrogen-bond acceptors (Lipinski definition) is 4. The zero-order valence-corrected chi connectivity index (χ0v) is 15.6. The van der Waals surface area contributed by atoms with Gasteiger partial charge in [-0.3, -0.25) is 19.3 Å². The molecular formula is C20H22N2O3S. The Morgan fingerprint density at radius 1 is 1.12 bits per heavy atom. The van der Waals surface area contributed by atoms with E-state index in [2.05, 4.69) is 5.32 Å². The topological polar surface area (TPSA) is 66.5 Å². The van der Waals surface area contributed by atoms with Crippen LogP contribution >= 0.6 is 11.8 Å². The number of rotatable bonds is 4. The summed E-state index contributed by atoms with van der Waals surface area (Å²) < 4.78 is 0. The van der Waals surface area contributed by atoms with E-state index >= 15 is 0 Å². The SMILES string of the molecule is CSc1ccc(NC(=O)CN2C(=O)C3C(C2=O)C2CCC3C23CC3)cc1. The number of imide groups is 1. The zero-order valence-electron chi connectivity index (χ0n) is 14.7. The number of nitrogens with one attached hydrogen (secondary N) is 1. The number of thioether (sulfide) groups is 1. The number of likely N-dealkylation sites (tertiary alicyclic amines) is 1. The van der Waals surface area contributed by atoms with Gasteiger partial charge in [0.25, 0.3) is 0 Å². The summed E-state index contributed by atoms with van der Waals surface area (Å²) in [7, 11) is 0. The molecule has 0 radical (unpaired) electrons. The van der Waals surface area contributed by atoms with Crippen molar-refractivity contribution in [2.24, 2.45) is 29.1 Å². The van der Waals surface area contributed by atoms with E-state index in [-0.39, 0.29) is 36.1 Å². The Balaban J connectivity index is 1.28. The lowest BCUT2D eigenvalue weighted by Crippen LogP contribution is -2.40. The highest BCUT2D eigenvalue weighted by Gasteiger charge is 2.74. The molecule has 2 bridgehead atoms. The third kappa shape index (κ3) is 2.14. The second-order valence-electron chi connectivity index (χ2n) is 8.11. The van der Waals surface area contributed by atoms with Gasteiger partial charge in [0.2, 0.25) is 17.7 Å². The Morgan fingerprint density at radius 3 is 2.19 bits per heavy atom. The highest BCUT2D eigenvalue weighted by Crippen LogP contribution is 2.75. The molecule has 5 rings (SSSR count). The maximum Gasteiger partial charge on any atom is 0.244 e. The minimum absolute atomic E-state index is 0.105. The number of amides is 3. The van der Waals surface area contributed by atoms with Crippen molar-refractivity contribution in [3.8, 4) is 0 Å². The molecule has 1 saturated heterocycles. The molecule has 136 valence electrons. The lowest BCUT2D eigenvalue weighted by molar-refractivity contribution is -0.143.